The van der Waals surface area contributed by atoms with E-state index in [0.29, 0.717) is 12.2 Å². The molecule has 0 spiro atoms. The molecular formula is C26H34N2O3. The van der Waals surface area contributed by atoms with Crippen LogP contribution in [0.25, 0.3) is 0 Å². The zero-order valence-corrected chi connectivity index (χ0v) is 19.1. The van der Waals surface area contributed by atoms with Gasteiger partial charge in [-0.2, -0.15) is 0 Å². The van der Waals surface area contributed by atoms with Gasteiger partial charge in [0, 0.05) is 19.5 Å². The molecule has 5 nitrogen and oxygen atoms in total. The Balaban J connectivity index is 1.66. The second kappa shape index (κ2) is 9.99. The van der Waals surface area contributed by atoms with Crippen molar-refractivity contribution in [3.05, 3.63) is 65.7 Å². The maximum atomic E-state index is 13.1. The van der Waals surface area contributed by atoms with Gasteiger partial charge in [0.15, 0.2) is 6.10 Å². The van der Waals surface area contributed by atoms with Gasteiger partial charge in [-0.3, -0.25) is 9.59 Å². The number of amides is 2. The number of ether oxygens (including phenoxy) is 1. The Kier molecular flexibility index (Phi) is 7.37. The SMILES string of the molecule is CC(Oc1ccc(C(C)(C)C)cc1)C(=O)NC(Cc1ccccc1)C(=O)N1CCCC1. The van der Waals surface area contributed by atoms with Crippen LogP contribution in [0.2, 0.25) is 0 Å². The number of nitrogens with zero attached hydrogens (tertiary/aromatic N) is 1. The fraction of sp³-hybridized carbons (Fsp3) is 0.462. The van der Waals surface area contributed by atoms with Crippen molar-refractivity contribution in [1.82, 2.24) is 10.2 Å². The van der Waals surface area contributed by atoms with Crippen LogP contribution in [0.4, 0.5) is 0 Å². The highest BCUT2D eigenvalue weighted by Crippen LogP contribution is 2.24. The predicted molar refractivity (Wildman–Crippen MR) is 123 cm³/mol. The molecule has 1 aliphatic rings. The molecule has 166 valence electrons. The van der Waals surface area contributed by atoms with Crippen molar-refractivity contribution in [2.24, 2.45) is 0 Å². The lowest BCUT2D eigenvalue weighted by Gasteiger charge is -2.26. The smallest absolute Gasteiger partial charge is 0.261 e. The Morgan fingerprint density at radius 3 is 2.19 bits per heavy atom. The number of hydrogen-bond donors (Lipinski definition) is 1. The molecule has 31 heavy (non-hydrogen) atoms. The quantitative estimate of drug-likeness (QED) is 0.731. The number of hydrogen-bond acceptors (Lipinski definition) is 3. The Labute approximate surface area is 185 Å². The van der Waals surface area contributed by atoms with E-state index in [9.17, 15) is 9.59 Å². The van der Waals surface area contributed by atoms with Crippen molar-refractivity contribution in [2.45, 2.75) is 64.5 Å². The van der Waals surface area contributed by atoms with E-state index in [1.165, 1.54) is 5.56 Å². The summed E-state index contributed by atoms with van der Waals surface area (Å²) in [6.07, 6.45) is 1.79. The third-order valence-corrected chi connectivity index (χ3v) is 5.72. The van der Waals surface area contributed by atoms with Crippen LogP contribution in [0.5, 0.6) is 5.75 Å². The number of carbonyl (C=O) groups excluding carboxylic acids is 2. The third kappa shape index (κ3) is 6.33. The van der Waals surface area contributed by atoms with Gasteiger partial charge in [-0.05, 0) is 48.4 Å². The fourth-order valence-corrected chi connectivity index (χ4v) is 3.79. The van der Waals surface area contributed by atoms with E-state index < -0.39 is 12.1 Å². The molecule has 3 rings (SSSR count). The predicted octanol–water partition coefficient (Wildman–Crippen LogP) is 4.10. The second-order valence-electron chi connectivity index (χ2n) is 9.32. The van der Waals surface area contributed by atoms with Crippen LogP contribution in [0.3, 0.4) is 0 Å². The molecule has 2 aromatic carbocycles. The lowest BCUT2D eigenvalue weighted by atomic mass is 9.87. The molecule has 1 heterocycles. The molecule has 0 saturated carbocycles. The lowest BCUT2D eigenvalue weighted by Crippen LogP contribution is -2.51. The average Bonchev–Trinajstić information content (AvgIpc) is 3.28. The normalized spacial score (nSPS) is 15.9. The standard InChI is InChI=1S/C26H34N2O3/c1-19(31-22-14-12-21(13-15-22)26(2,3)4)24(29)27-23(18-20-10-6-5-7-11-20)25(30)28-16-8-9-17-28/h5-7,10-15,19,23H,8-9,16-18H2,1-4H3,(H,27,29). The van der Waals surface area contributed by atoms with Crippen LogP contribution >= 0.6 is 0 Å². The molecule has 0 aromatic heterocycles. The molecule has 1 fully saturated rings. The van der Waals surface area contributed by atoms with Crippen LogP contribution in [0.1, 0.15) is 51.7 Å². The van der Waals surface area contributed by atoms with Gasteiger partial charge in [-0.1, -0.05) is 63.2 Å². The Bertz CT molecular complexity index is 866. The van der Waals surface area contributed by atoms with Crippen molar-refractivity contribution >= 4 is 11.8 Å². The molecule has 2 atom stereocenters. The fourth-order valence-electron chi connectivity index (χ4n) is 3.79. The van der Waals surface area contributed by atoms with Crippen molar-refractivity contribution in [3.63, 3.8) is 0 Å². The molecule has 1 N–H and O–H groups in total. The number of carbonyl (C=O) groups is 2. The van der Waals surface area contributed by atoms with Gasteiger partial charge in [0.1, 0.15) is 11.8 Å². The summed E-state index contributed by atoms with van der Waals surface area (Å²) < 4.78 is 5.86. The molecule has 2 amide bonds. The van der Waals surface area contributed by atoms with Crippen molar-refractivity contribution in [3.8, 4) is 5.75 Å². The summed E-state index contributed by atoms with van der Waals surface area (Å²) in [7, 11) is 0. The molecule has 1 aliphatic heterocycles. The molecular weight excluding hydrogens is 388 g/mol. The first-order valence-electron chi connectivity index (χ1n) is 11.1. The minimum Gasteiger partial charge on any atom is -0.481 e. The van der Waals surface area contributed by atoms with Crippen LogP contribution in [-0.4, -0.2) is 41.9 Å². The molecule has 1 saturated heterocycles. The van der Waals surface area contributed by atoms with Gasteiger partial charge >= 0.3 is 0 Å². The summed E-state index contributed by atoms with van der Waals surface area (Å²) in [6.45, 7) is 9.70. The largest absolute Gasteiger partial charge is 0.481 e. The highest BCUT2D eigenvalue weighted by Gasteiger charge is 2.29. The second-order valence-corrected chi connectivity index (χ2v) is 9.32. The maximum Gasteiger partial charge on any atom is 0.261 e. The van der Waals surface area contributed by atoms with Gasteiger partial charge in [-0.25, -0.2) is 0 Å². The summed E-state index contributed by atoms with van der Waals surface area (Å²) in [4.78, 5) is 27.8. The van der Waals surface area contributed by atoms with Crippen LogP contribution in [0.15, 0.2) is 54.6 Å². The van der Waals surface area contributed by atoms with Gasteiger partial charge < -0.3 is 15.0 Å². The van der Waals surface area contributed by atoms with Crippen molar-refractivity contribution in [1.29, 1.82) is 0 Å². The van der Waals surface area contributed by atoms with Gasteiger partial charge in [-0.15, -0.1) is 0 Å². The van der Waals surface area contributed by atoms with Gasteiger partial charge in [0.05, 0.1) is 0 Å². The zero-order chi connectivity index (χ0) is 22.4. The van der Waals surface area contributed by atoms with Gasteiger partial charge in [0.2, 0.25) is 5.91 Å². The van der Waals surface area contributed by atoms with E-state index in [1.54, 1.807) is 6.92 Å². The Morgan fingerprint density at radius 2 is 1.61 bits per heavy atom. The molecule has 0 aliphatic carbocycles. The van der Waals surface area contributed by atoms with E-state index in [0.717, 1.165) is 31.5 Å². The lowest BCUT2D eigenvalue weighted by molar-refractivity contribution is -0.137. The first-order chi connectivity index (χ1) is 14.7. The first-order valence-corrected chi connectivity index (χ1v) is 11.1. The molecule has 0 radical (unpaired) electrons. The van der Waals surface area contributed by atoms with E-state index in [2.05, 4.69) is 26.1 Å². The summed E-state index contributed by atoms with van der Waals surface area (Å²) in [5.74, 6) is 0.339. The van der Waals surface area contributed by atoms with Crippen molar-refractivity contribution in [2.75, 3.05) is 13.1 Å². The number of benzene rings is 2. The van der Waals surface area contributed by atoms with Crippen molar-refractivity contribution < 1.29 is 14.3 Å². The molecule has 5 heteroatoms. The summed E-state index contributed by atoms with van der Waals surface area (Å²) >= 11 is 0. The van der Waals surface area contributed by atoms with Crippen LogP contribution < -0.4 is 10.1 Å². The highest BCUT2D eigenvalue weighted by molar-refractivity contribution is 5.89. The topological polar surface area (TPSA) is 58.6 Å². The highest BCUT2D eigenvalue weighted by atomic mass is 16.5. The third-order valence-electron chi connectivity index (χ3n) is 5.72. The van der Waals surface area contributed by atoms with Crippen LogP contribution in [0, 0.1) is 0 Å². The molecule has 2 unspecified atom stereocenters. The zero-order valence-electron chi connectivity index (χ0n) is 19.1. The van der Waals surface area contributed by atoms with E-state index in [4.69, 9.17) is 4.74 Å². The monoisotopic (exact) mass is 422 g/mol. The Morgan fingerprint density at radius 1 is 1.00 bits per heavy atom. The number of likely N-dealkylation sites (tertiary alicyclic amines) is 1. The summed E-state index contributed by atoms with van der Waals surface area (Å²) in [5.41, 5.74) is 2.28. The molecule has 0 bridgehead atoms. The van der Waals surface area contributed by atoms with Crippen LogP contribution in [-0.2, 0) is 21.4 Å². The van der Waals surface area contributed by atoms with Gasteiger partial charge in [0.25, 0.3) is 5.91 Å². The Hall–Kier alpha value is -2.82. The van der Waals surface area contributed by atoms with E-state index in [-0.39, 0.29) is 17.2 Å². The van der Waals surface area contributed by atoms with E-state index in [1.807, 2.05) is 59.5 Å². The summed E-state index contributed by atoms with van der Waals surface area (Å²) in [6, 6.07) is 17.0. The maximum absolute atomic E-state index is 13.1. The van der Waals surface area contributed by atoms with E-state index >= 15 is 0 Å². The first kappa shape index (κ1) is 22.9. The minimum atomic E-state index is -0.704. The molecule has 2 aromatic rings. The minimum absolute atomic E-state index is 0.0172. The number of rotatable bonds is 7. The average molecular weight is 423 g/mol. The number of nitrogens with one attached hydrogen (secondary N) is 1. The summed E-state index contributed by atoms with van der Waals surface area (Å²) in [5, 5.41) is 2.94.